The normalized spacial score (nSPS) is 11.8. The minimum absolute atomic E-state index is 1.11. The van der Waals surface area contributed by atoms with Gasteiger partial charge in [0.05, 0.1) is 16.7 Å². The summed E-state index contributed by atoms with van der Waals surface area (Å²) in [5.41, 5.74) is 11.9. The molecule has 3 heterocycles. The second-order valence-electron chi connectivity index (χ2n) is 14.9. The van der Waals surface area contributed by atoms with E-state index in [-0.39, 0.29) is 0 Å². The van der Waals surface area contributed by atoms with Crippen molar-refractivity contribution in [3.8, 4) is 27.9 Å². The Bertz CT molecular complexity index is 3450. The zero-order valence-electron chi connectivity index (χ0n) is 31.3. The first-order valence-electron chi connectivity index (χ1n) is 19.7. The Hall–Kier alpha value is -6.98. The number of rotatable bonds is 6. The number of hydrogen-bond acceptors (Lipinski definition) is 3. The maximum atomic E-state index is 2.48. The average Bonchev–Trinajstić information content (AvgIpc) is 3.97. The van der Waals surface area contributed by atoms with Gasteiger partial charge in [-0.15, -0.1) is 22.7 Å². The van der Waals surface area contributed by atoms with Gasteiger partial charge in [0.1, 0.15) is 0 Å². The van der Waals surface area contributed by atoms with Crippen molar-refractivity contribution in [3.05, 3.63) is 206 Å². The molecule has 0 spiro atoms. The van der Waals surface area contributed by atoms with Gasteiger partial charge >= 0.3 is 0 Å². The van der Waals surface area contributed by atoms with Gasteiger partial charge in [0.25, 0.3) is 0 Å². The summed E-state index contributed by atoms with van der Waals surface area (Å²) in [6, 6.07) is 75.6. The van der Waals surface area contributed by atoms with E-state index in [9.17, 15) is 0 Å². The molecule has 0 aliphatic carbocycles. The molecular weight excluding hydrogens is 741 g/mol. The first-order valence-corrected chi connectivity index (χ1v) is 21.3. The smallest absolute Gasteiger partial charge is 0.0555 e. The fourth-order valence-corrected chi connectivity index (χ4v) is 11.4. The lowest BCUT2D eigenvalue weighted by Gasteiger charge is -2.27. The Balaban J connectivity index is 1.11. The van der Waals surface area contributed by atoms with Crippen molar-refractivity contribution in [3.63, 3.8) is 0 Å². The third-order valence-corrected chi connectivity index (χ3v) is 13.9. The molecule has 272 valence electrons. The molecule has 0 atom stereocenters. The molecule has 0 aliphatic rings. The van der Waals surface area contributed by atoms with Crippen LogP contribution in [0.1, 0.15) is 0 Å². The van der Waals surface area contributed by atoms with Crippen LogP contribution in [0.3, 0.4) is 0 Å². The predicted octanol–water partition coefficient (Wildman–Crippen LogP) is 16.3. The van der Waals surface area contributed by atoms with Gasteiger partial charge in [0.2, 0.25) is 0 Å². The van der Waals surface area contributed by atoms with E-state index >= 15 is 0 Å². The van der Waals surface area contributed by atoms with Crippen molar-refractivity contribution in [2.24, 2.45) is 0 Å². The topological polar surface area (TPSA) is 8.17 Å². The quantitative estimate of drug-likeness (QED) is 0.163. The maximum Gasteiger partial charge on any atom is 0.0555 e. The summed E-state index contributed by atoms with van der Waals surface area (Å²) in [6.45, 7) is 0. The molecule has 0 aliphatic heterocycles. The highest BCUT2D eigenvalue weighted by atomic mass is 32.1. The zero-order chi connectivity index (χ0) is 38.2. The first-order chi connectivity index (χ1) is 28.8. The lowest BCUT2D eigenvalue weighted by Crippen LogP contribution is -2.10. The van der Waals surface area contributed by atoms with Crippen LogP contribution in [-0.4, -0.2) is 4.57 Å². The van der Waals surface area contributed by atoms with Crippen LogP contribution < -0.4 is 4.90 Å². The summed E-state index contributed by atoms with van der Waals surface area (Å²) in [5.74, 6) is 0. The molecule has 3 aromatic heterocycles. The van der Waals surface area contributed by atoms with E-state index < -0.39 is 0 Å². The summed E-state index contributed by atoms with van der Waals surface area (Å²) in [7, 11) is 0. The van der Waals surface area contributed by atoms with Crippen LogP contribution >= 0.6 is 22.7 Å². The minimum atomic E-state index is 1.11. The monoisotopic (exact) mass is 774 g/mol. The molecular formula is C54H34N2S2. The summed E-state index contributed by atoms with van der Waals surface area (Å²) in [5, 5.41) is 7.67. The van der Waals surface area contributed by atoms with E-state index in [4.69, 9.17) is 0 Å². The van der Waals surface area contributed by atoms with Crippen LogP contribution in [0.15, 0.2) is 206 Å². The molecule has 12 aromatic rings. The lowest BCUT2D eigenvalue weighted by atomic mass is 9.99. The molecule has 4 heteroatoms. The number of aromatic nitrogens is 1. The number of nitrogens with zero attached hydrogens (tertiary/aromatic N) is 2. The molecule has 12 rings (SSSR count). The fraction of sp³-hybridized carbons (Fsp3) is 0. The third kappa shape index (κ3) is 5.23. The Labute approximate surface area is 343 Å². The molecule has 0 radical (unpaired) electrons. The van der Waals surface area contributed by atoms with Crippen molar-refractivity contribution in [1.29, 1.82) is 0 Å². The van der Waals surface area contributed by atoms with Crippen molar-refractivity contribution in [2.75, 3.05) is 4.90 Å². The van der Waals surface area contributed by atoms with Crippen LogP contribution in [0.25, 0.3) is 90.1 Å². The lowest BCUT2D eigenvalue weighted by molar-refractivity contribution is 1.17. The second-order valence-corrected chi connectivity index (χ2v) is 17.0. The van der Waals surface area contributed by atoms with Crippen LogP contribution in [0.5, 0.6) is 0 Å². The van der Waals surface area contributed by atoms with Gasteiger partial charge in [-0.1, -0.05) is 140 Å². The first kappa shape index (κ1) is 33.2. The van der Waals surface area contributed by atoms with E-state index in [1.807, 2.05) is 22.7 Å². The van der Waals surface area contributed by atoms with Crippen LogP contribution in [0.4, 0.5) is 17.1 Å². The van der Waals surface area contributed by atoms with Gasteiger partial charge in [-0.05, 0) is 89.0 Å². The Morgan fingerprint density at radius 1 is 0.362 bits per heavy atom. The van der Waals surface area contributed by atoms with Crippen LogP contribution in [-0.2, 0) is 0 Å². The van der Waals surface area contributed by atoms with Crippen molar-refractivity contribution >= 4 is 102 Å². The molecule has 0 bridgehead atoms. The molecule has 58 heavy (non-hydrogen) atoms. The third-order valence-electron chi connectivity index (χ3n) is 11.6. The van der Waals surface area contributed by atoms with Crippen molar-refractivity contribution < 1.29 is 0 Å². The number of benzene rings is 9. The molecule has 2 nitrogen and oxygen atoms in total. The highest BCUT2D eigenvalue weighted by molar-refractivity contribution is 7.26. The molecule has 0 N–H and O–H groups in total. The van der Waals surface area contributed by atoms with E-state index in [0.717, 1.165) is 17.1 Å². The van der Waals surface area contributed by atoms with Gasteiger partial charge in [0, 0.05) is 68.2 Å². The Kier molecular flexibility index (Phi) is 7.62. The van der Waals surface area contributed by atoms with E-state index in [2.05, 4.69) is 216 Å². The van der Waals surface area contributed by atoms with Crippen LogP contribution in [0, 0.1) is 0 Å². The van der Waals surface area contributed by atoms with Crippen LogP contribution in [0.2, 0.25) is 0 Å². The highest BCUT2D eigenvalue weighted by Gasteiger charge is 2.23. The molecule has 0 saturated heterocycles. The zero-order valence-corrected chi connectivity index (χ0v) is 33.0. The van der Waals surface area contributed by atoms with E-state index in [1.165, 1.54) is 90.1 Å². The van der Waals surface area contributed by atoms with Crippen molar-refractivity contribution in [2.45, 2.75) is 0 Å². The summed E-state index contributed by atoms with van der Waals surface area (Å²) in [6.07, 6.45) is 0. The van der Waals surface area contributed by atoms with Gasteiger partial charge in [-0.25, -0.2) is 0 Å². The molecule has 0 saturated carbocycles. The van der Waals surface area contributed by atoms with Gasteiger partial charge in [0.15, 0.2) is 0 Å². The number of para-hydroxylation sites is 2. The Morgan fingerprint density at radius 2 is 0.948 bits per heavy atom. The van der Waals surface area contributed by atoms with Gasteiger partial charge < -0.3 is 9.47 Å². The largest absolute Gasteiger partial charge is 0.310 e. The highest BCUT2D eigenvalue weighted by Crippen LogP contribution is 2.50. The minimum Gasteiger partial charge on any atom is -0.310 e. The molecule has 9 aromatic carbocycles. The summed E-state index contributed by atoms with van der Waals surface area (Å²) >= 11 is 3.76. The maximum absolute atomic E-state index is 2.48. The Morgan fingerprint density at radius 3 is 1.69 bits per heavy atom. The average molecular weight is 775 g/mol. The van der Waals surface area contributed by atoms with E-state index in [0.29, 0.717) is 0 Å². The van der Waals surface area contributed by atoms with Gasteiger partial charge in [-0.2, -0.15) is 0 Å². The summed E-state index contributed by atoms with van der Waals surface area (Å²) < 4.78 is 7.56. The van der Waals surface area contributed by atoms with Crippen molar-refractivity contribution in [1.82, 2.24) is 4.57 Å². The number of anilines is 3. The number of hydrogen-bond donors (Lipinski definition) is 0. The molecule has 0 unspecified atom stereocenters. The standard InChI is InChI=1S/C54H34N2S2/c1-3-13-35(14-4-1)37-23-29-46-51(33-37)58-54-41(36-15-5-2-6-16-36)31-32-49(53(46)54)55(40-28-30-45-44-19-9-12-22-50(44)57-52(45)34-40)38-24-26-39(27-25-38)56-47-20-10-7-17-42(47)43-18-8-11-21-48(43)56/h1-34H. The second kappa shape index (κ2) is 13.3. The fourth-order valence-electron chi connectivity index (χ4n) is 8.94. The predicted molar refractivity (Wildman–Crippen MR) is 252 cm³/mol. The number of thiophene rings is 2. The molecule has 0 amide bonds. The molecule has 0 fully saturated rings. The number of fused-ring (bicyclic) bond motifs is 9. The van der Waals surface area contributed by atoms with Gasteiger partial charge in [-0.3, -0.25) is 0 Å². The summed E-state index contributed by atoms with van der Waals surface area (Å²) in [4.78, 5) is 2.48. The SMILES string of the molecule is c1ccc(-c2ccc3c(c2)sc2c(-c4ccccc4)ccc(N(c4ccc(-n5c6ccccc6c6ccccc65)cc4)c4ccc5c(c4)sc4ccccc45)c23)cc1. The van der Waals surface area contributed by atoms with E-state index in [1.54, 1.807) is 0 Å².